The smallest absolute Gasteiger partial charge is 0.338 e. The molecule has 2 N–H and O–H groups in total. The zero-order valence-corrected chi connectivity index (χ0v) is 13.7. The number of esters is 1. The van der Waals surface area contributed by atoms with Crippen LogP contribution in [0.1, 0.15) is 29.3 Å². The van der Waals surface area contributed by atoms with Gasteiger partial charge in [-0.05, 0) is 49.2 Å². The quantitative estimate of drug-likeness (QED) is 0.840. The third kappa shape index (κ3) is 4.03. The largest absolute Gasteiger partial charge is 0.449 e. The molecule has 0 saturated carbocycles. The Morgan fingerprint density at radius 2 is 1.88 bits per heavy atom. The highest BCUT2D eigenvalue weighted by molar-refractivity contribution is 5.98. The third-order valence-electron chi connectivity index (χ3n) is 3.93. The lowest BCUT2D eigenvalue weighted by molar-refractivity contribution is -0.123. The highest BCUT2D eigenvalue weighted by Crippen LogP contribution is 2.24. The summed E-state index contributed by atoms with van der Waals surface area (Å²) in [6, 6.07) is 13.9. The monoisotopic (exact) mass is 338 g/mol. The number of fused-ring (bicyclic) bond motifs is 1. The van der Waals surface area contributed by atoms with Crippen molar-refractivity contribution in [2.75, 3.05) is 10.6 Å². The fourth-order valence-corrected chi connectivity index (χ4v) is 2.56. The van der Waals surface area contributed by atoms with Gasteiger partial charge in [-0.25, -0.2) is 4.79 Å². The molecule has 6 heteroatoms. The number of hydrogen-bond donors (Lipinski definition) is 2. The minimum atomic E-state index is -0.927. The number of ether oxygens (including phenoxy) is 1. The van der Waals surface area contributed by atoms with Crippen molar-refractivity contribution >= 4 is 29.2 Å². The van der Waals surface area contributed by atoms with E-state index in [-0.39, 0.29) is 5.91 Å². The molecular formula is C19H18N2O4. The van der Waals surface area contributed by atoms with E-state index in [0.717, 1.165) is 5.56 Å². The molecule has 0 radical (unpaired) electrons. The molecule has 2 aromatic rings. The molecule has 128 valence electrons. The van der Waals surface area contributed by atoms with Crippen LogP contribution in [0.5, 0.6) is 0 Å². The number of benzene rings is 2. The molecule has 6 nitrogen and oxygen atoms in total. The number of carbonyl (C=O) groups is 3. The summed E-state index contributed by atoms with van der Waals surface area (Å²) in [5.41, 5.74) is 2.59. The van der Waals surface area contributed by atoms with Crippen LogP contribution in [0.2, 0.25) is 0 Å². The summed E-state index contributed by atoms with van der Waals surface area (Å²) in [6.45, 7) is 1.52. The lowest BCUT2D eigenvalue weighted by Gasteiger charge is -2.18. The van der Waals surface area contributed by atoms with E-state index >= 15 is 0 Å². The van der Waals surface area contributed by atoms with Crippen molar-refractivity contribution < 1.29 is 19.1 Å². The van der Waals surface area contributed by atoms with E-state index in [1.54, 1.807) is 42.5 Å². The minimum Gasteiger partial charge on any atom is -0.449 e. The van der Waals surface area contributed by atoms with Gasteiger partial charge in [0.1, 0.15) is 0 Å². The first kappa shape index (κ1) is 16.7. The van der Waals surface area contributed by atoms with Crippen LogP contribution in [0.3, 0.4) is 0 Å². The van der Waals surface area contributed by atoms with Crippen molar-refractivity contribution in [1.29, 1.82) is 0 Å². The Balaban J connectivity index is 1.63. The summed E-state index contributed by atoms with van der Waals surface area (Å²) < 4.78 is 5.24. The number of nitrogens with one attached hydrogen (secondary N) is 2. The molecule has 0 fully saturated rings. The van der Waals surface area contributed by atoms with Gasteiger partial charge >= 0.3 is 5.97 Å². The Morgan fingerprint density at radius 1 is 1.12 bits per heavy atom. The van der Waals surface area contributed by atoms with Crippen molar-refractivity contribution in [3.8, 4) is 0 Å². The van der Waals surface area contributed by atoms with Gasteiger partial charge in [-0.1, -0.05) is 18.2 Å². The SMILES string of the molecule is CC(OC(=O)c1ccc2c(c1)CCC(=O)N2)C(=O)Nc1ccccc1. The number of para-hydroxylation sites is 1. The normalized spacial score (nSPS) is 14.0. The molecule has 1 heterocycles. The van der Waals surface area contributed by atoms with Crippen molar-refractivity contribution in [3.63, 3.8) is 0 Å². The van der Waals surface area contributed by atoms with Crippen LogP contribution in [0.4, 0.5) is 11.4 Å². The zero-order chi connectivity index (χ0) is 17.8. The number of amides is 2. The molecule has 0 saturated heterocycles. The first-order valence-corrected chi connectivity index (χ1v) is 8.02. The molecule has 1 unspecified atom stereocenters. The maximum absolute atomic E-state index is 12.3. The average molecular weight is 338 g/mol. The van der Waals surface area contributed by atoms with Gasteiger partial charge in [0.15, 0.2) is 6.10 Å². The lowest BCUT2D eigenvalue weighted by Crippen LogP contribution is -2.30. The molecule has 0 aliphatic carbocycles. The Bertz CT molecular complexity index is 817. The minimum absolute atomic E-state index is 0.0333. The number of hydrogen-bond acceptors (Lipinski definition) is 4. The van der Waals surface area contributed by atoms with Crippen LogP contribution < -0.4 is 10.6 Å². The number of aryl methyl sites for hydroxylation is 1. The van der Waals surface area contributed by atoms with Gasteiger partial charge in [0.05, 0.1) is 5.56 Å². The van der Waals surface area contributed by atoms with Gasteiger partial charge in [-0.15, -0.1) is 0 Å². The molecule has 25 heavy (non-hydrogen) atoms. The average Bonchev–Trinajstić information content (AvgIpc) is 2.62. The first-order chi connectivity index (χ1) is 12.0. The van der Waals surface area contributed by atoms with E-state index in [1.807, 2.05) is 6.07 Å². The van der Waals surface area contributed by atoms with Crippen LogP contribution in [0, 0.1) is 0 Å². The van der Waals surface area contributed by atoms with Crippen molar-refractivity contribution in [2.45, 2.75) is 25.9 Å². The van der Waals surface area contributed by atoms with E-state index in [1.165, 1.54) is 6.92 Å². The highest BCUT2D eigenvalue weighted by atomic mass is 16.5. The highest BCUT2D eigenvalue weighted by Gasteiger charge is 2.21. The summed E-state index contributed by atoms with van der Waals surface area (Å²) in [5.74, 6) is -1.01. The molecule has 0 bridgehead atoms. The fraction of sp³-hybridized carbons (Fsp3) is 0.211. The second-order valence-electron chi connectivity index (χ2n) is 5.82. The van der Waals surface area contributed by atoms with Crippen LogP contribution in [0.15, 0.2) is 48.5 Å². The zero-order valence-electron chi connectivity index (χ0n) is 13.7. The number of carbonyl (C=O) groups excluding carboxylic acids is 3. The maximum atomic E-state index is 12.3. The fourth-order valence-electron chi connectivity index (χ4n) is 2.56. The van der Waals surface area contributed by atoms with Crippen molar-refractivity contribution in [2.24, 2.45) is 0 Å². The van der Waals surface area contributed by atoms with Crippen LogP contribution in [0.25, 0.3) is 0 Å². The topological polar surface area (TPSA) is 84.5 Å². The number of anilines is 2. The summed E-state index contributed by atoms with van der Waals surface area (Å²) in [4.78, 5) is 35.8. The summed E-state index contributed by atoms with van der Waals surface area (Å²) >= 11 is 0. The van der Waals surface area contributed by atoms with E-state index in [4.69, 9.17) is 4.74 Å². The molecule has 0 aromatic heterocycles. The van der Waals surface area contributed by atoms with Crippen molar-refractivity contribution in [3.05, 3.63) is 59.7 Å². The van der Waals surface area contributed by atoms with Gasteiger partial charge in [0, 0.05) is 17.8 Å². The van der Waals surface area contributed by atoms with E-state index in [9.17, 15) is 14.4 Å². The van der Waals surface area contributed by atoms with Gasteiger partial charge < -0.3 is 15.4 Å². The van der Waals surface area contributed by atoms with E-state index in [2.05, 4.69) is 10.6 Å². The molecular weight excluding hydrogens is 320 g/mol. The standard InChI is InChI=1S/C19H18N2O4/c1-12(18(23)20-15-5-3-2-4-6-15)25-19(24)14-7-9-16-13(11-14)8-10-17(22)21-16/h2-7,9,11-12H,8,10H2,1H3,(H,20,23)(H,21,22). The van der Waals surface area contributed by atoms with E-state index in [0.29, 0.717) is 29.8 Å². The molecule has 2 amide bonds. The van der Waals surface area contributed by atoms with Gasteiger partial charge in [0.25, 0.3) is 5.91 Å². The Hall–Kier alpha value is -3.15. The summed E-state index contributed by atoms with van der Waals surface area (Å²) in [5, 5.41) is 5.45. The van der Waals surface area contributed by atoms with Gasteiger partial charge in [-0.3, -0.25) is 9.59 Å². The third-order valence-corrected chi connectivity index (χ3v) is 3.93. The number of rotatable bonds is 4. The molecule has 2 aromatic carbocycles. The Kier molecular flexibility index (Phi) is 4.79. The Morgan fingerprint density at radius 3 is 2.64 bits per heavy atom. The molecule has 1 atom stereocenters. The van der Waals surface area contributed by atoms with Crippen LogP contribution in [-0.4, -0.2) is 23.9 Å². The predicted molar refractivity (Wildman–Crippen MR) is 93.3 cm³/mol. The molecule has 0 spiro atoms. The Labute approximate surface area is 145 Å². The first-order valence-electron chi connectivity index (χ1n) is 8.02. The van der Waals surface area contributed by atoms with Crippen LogP contribution >= 0.6 is 0 Å². The van der Waals surface area contributed by atoms with Crippen LogP contribution in [-0.2, 0) is 20.7 Å². The lowest BCUT2D eigenvalue weighted by atomic mass is 10.0. The van der Waals surface area contributed by atoms with Crippen molar-refractivity contribution in [1.82, 2.24) is 0 Å². The maximum Gasteiger partial charge on any atom is 0.338 e. The summed E-state index contributed by atoms with van der Waals surface area (Å²) in [7, 11) is 0. The molecule has 1 aliphatic heterocycles. The summed E-state index contributed by atoms with van der Waals surface area (Å²) in [6.07, 6.45) is 0.0386. The predicted octanol–water partition coefficient (Wildman–Crippen LogP) is 2.76. The van der Waals surface area contributed by atoms with E-state index < -0.39 is 18.0 Å². The van der Waals surface area contributed by atoms with Gasteiger partial charge in [0.2, 0.25) is 5.91 Å². The molecule has 1 aliphatic rings. The van der Waals surface area contributed by atoms with Gasteiger partial charge in [-0.2, -0.15) is 0 Å². The second kappa shape index (κ2) is 7.17. The second-order valence-corrected chi connectivity index (χ2v) is 5.82. The molecule has 3 rings (SSSR count).